The van der Waals surface area contributed by atoms with Crippen LogP contribution in [0, 0.1) is 0 Å². The SMILES string of the molecule is Cl.FC(F)(F)CN1CCC2CCC(C1)N2. The Morgan fingerprint density at radius 2 is 1.80 bits per heavy atom. The molecular weight excluding hydrogens is 229 g/mol. The van der Waals surface area contributed by atoms with E-state index in [0.29, 0.717) is 19.1 Å². The van der Waals surface area contributed by atoms with E-state index < -0.39 is 12.7 Å². The van der Waals surface area contributed by atoms with Gasteiger partial charge in [0, 0.05) is 25.2 Å². The first-order valence-corrected chi connectivity index (χ1v) is 5.08. The van der Waals surface area contributed by atoms with Crippen LogP contribution in [0.5, 0.6) is 0 Å². The molecule has 90 valence electrons. The Hall–Kier alpha value is -0.0000000000000000416. The molecular formula is C9H16ClF3N2. The molecule has 0 aromatic carbocycles. The van der Waals surface area contributed by atoms with Crippen molar-refractivity contribution in [2.75, 3.05) is 19.6 Å². The van der Waals surface area contributed by atoms with Crippen LogP contribution >= 0.6 is 12.4 Å². The number of alkyl halides is 3. The summed E-state index contributed by atoms with van der Waals surface area (Å²) in [5, 5.41) is 3.36. The fourth-order valence-corrected chi connectivity index (χ4v) is 2.41. The minimum atomic E-state index is -4.05. The summed E-state index contributed by atoms with van der Waals surface area (Å²) in [7, 11) is 0. The first-order valence-electron chi connectivity index (χ1n) is 5.08. The maximum Gasteiger partial charge on any atom is 0.401 e. The smallest absolute Gasteiger partial charge is 0.310 e. The van der Waals surface area contributed by atoms with E-state index in [1.165, 1.54) is 4.90 Å². The molecule has 0 saturated carbocycles. The molecule has 6 heteroatoms. The van der Waals surface area contributed by atoms with Gasteiger partial charge in [-0.15, -0.1) is 12.4 Å². The van der Waals surface area contributed by atoms with Crippen LogP contribution in [0.4, 0.5) is 13.2 Å². The van der Waals surface area contributed by atoms with E-state index in [1.54, 1.807) is 0 Å². The molecule has 2 aliphatic heterocycles. The molecule has 2 saturated heterocycles. The zero-order valence-electron chi connectivity index (χ0n) is 8.39. The third-order valence-corrected chi connectivity index (χ3v) is 3.01. The summed E-state index contributed by atoms with van der Waals surface area (Å²) in [6.45, 7) is 0.377. The van der Waals surface area contributed by atoms with Gasteiger partial charge in [0.2, 0.25) is 0 Å². The van der Waals surface area contributed by atoms with Gasteiger partial charge in [-0.1, -0.05) is 0 Å². The number of nitrogens with zero attached hydrogens (tertiary/aromatic N) is 1. The van der Waals surface area contributed by atoms with Gasteiger partial charge in [-0.3, -0.25) is 4.90 Å². The van der Waals surface area contributed by atoms with Crippen molar-refractivity contribution >= 4 is 12.4 Å². The number of fused-ring (bicyclic) bond motifs is 2. The van der Waals surface area contributed by atoms with E-state index in [9.17, 15) is 13.2 Å². The lowest BCUT2D eigenvalue weighted by Gasteiger charge is -2.24. The van der Waals surface area contributed by atoms with Gasteiger partial charge < -0.3 is 5.32 Å². The zero-order valence-corrected chi connectivity index (χ0v) is 9.20. The fourth-order valence-electron chi connectivity index (χ4n) is 2.41. The Labute approximate surface area is 93.6 Å². The zero-order chi connectivity index (χ0) is 10.2. The van der Waals surface area contributed by atoms with Gasteiger partial charge in [0.1, 0.15) is 0 Å². The first-order chi connectivity index (χ1) is 6.53. The highest BCUT2D eigenvalue weighted by molar-refractivity contribution is 5.85. The van der Waals surface area contributed by atoms with Crippen molar-refractivity contribution in [2.45, 2.75) is 37.5 Å². The molecule has 0 aromatic heterocycles. The second kappa shape index (κ2) is 4.89. The Morgan fingerprint density at radius 1 is 1.13 bits per heavy atom. The van der Waals surface area contributed by atoms with E-state index in [0.717, 1.165) is 19.3 Å². The predicted molar refractivity (Wildman–Crippen MR) is 54.3 cm³/mol. The van der Waals surface area contributed by atoms with Crippen molar-refractivity contribution < 1.29 is 13.2 Å². The van der Waals surface area contributed by atoms with Crippen LogP contribution < -0.4 is 5.32 Å². The summed E-state index contributed by atoms with van der Waals surface area (Å²) < 4.78 is 36.5. The Balaban J connectivity index is 0.00000112. The summed E-state index contributed by atoms with van der Waals surface area (Å²) in [6, 6.07) is 0.739. The molecule has 2 aliphatic rings. The Kier molecular flexibility index (Phi) is 4.26. The van der Waals surface area contributed by atoms with Crippen LogP contribution in [0.1, 0.15) is 19.3 Å². The van der Waals surface area contributed by atoms with Crippen molar-refractivity contribution in [3.8, 4) is 0 Å². The van der Waals surface area contributed by atoms with E-state index >= 15 is 0 Å². The normalized spacial score (nSPS) is 32.2. The van der Waals surface area contributed by atoms with Gasteiger partial charge in [-0.05, 0) is 19.3 Å². The number of hydrogen-bond acceptors (Lipinski definition) is 2. The van der Waals surface area contributed by atoms with Crippen LogP contribution in [0.2, 0.25) is 0 Å². The topological polar surface area (TPSA) is 15.3 Å². The molecule has 2 nitrogen and oxygen atoms in total. The van der Waals surface area contributed by atoms with Gasteiger partial charge in [0.25, 0.3) is 0 Å². The second-order valence-electron chi connectivity index (χ2n) is 4.28. The number of likely N-dealkylation sites (tertiary alicyclic amines) is 1. The van der Waals surface area contributed by atoms with Gasteiger partial charge in [0.15, 0.2) is 0 Å². The molecule has 2 fully saturated rings. The van der Waals surface area contributed by atoms with Crippen LogP contribution in [-0.4, -0.2) is 42.8 Å². The molecule has 2 atom stereocenters. The second-order valence-corrected chi connectivity index (χ2v) is 4.28. The summed E-state index contributed by atoms with van der Waals surface area (Å²) in [5.74, 6) is 0. The molecule has 1 N–H and O–H groups in total. The van der Waals surface area contributed by atoms with Crippen molar-refractivity contribution in [3.63, 3.8) is 0 Å². The average molecular weight is 245 g/mol. The van der Waals surface area contributed by atoms with Crippen LogP contribution in [0.25, 0.3) is 0 Å². The van der Waals surface area contributed by atoms with Gasteiger partial charge in [0.05, 0.1) is 6.54 Å². The molecule has 0 aliphatic carbocycles. The van der Waals surface area contributed by atoms with Crippen LogP contribution in [-0.2, 0) is 0 Å². The molecule has 2 bridgehead atoms. The molecule has 0 aromatic rings. The quantitative estimate of drug-likeness (QED) is 0.757. The van der Waals surface area contributed by atoms with E-state index in [-0.39, 0.29) is 18.4 Å². The van der Waals surface area contributed by atoms with E-state index in [2.05, 4.69) is 5.32 Å². The molecule has 2 heterocycles. The first kappa shape index (κ1) is 13.1. The highest BCUT2D eigenvalue weighted by atomic mass is 35.5. The lowest BCUT2D eigenvalue weighted by Crippen LogP contribution is -2.40. The maximum atomic E-state index is 12.2. The molecule has 0 amide bonds. The van der Waals surface area contributed by atoms with Crippen molar-refractivity contribution in [2.24, 2.45) is 0 Å². The third kappa shape index (κ3) is 3.81. The summed E-state index contributed by atoms with van der Waals surface area (Å²) in [6.07, 6.45) is -1.04. The largest absolute Gasteiger partial charge is 0.401 e. The Morgan fingerprint density at radius 3 is 2.47 bits per heavy atom. The van der Waals surface area contributed by atoms with E-state index in [1.807, 2.05) is 0 Å². The number of halogens is 4. The lowest BCUT2D eigenvalue weighted by molar-refractivity contribution is -0.146. The number of nitrogens with one attached hydrogen (secondary N) is 1. The Bertz CT molecular complexity index is 210. The van der Waals surface area contributed by atoms with Crippen LogP contribution in [0.3, 0.4) is 0 Å². The van der Waals surface area contributed by atoms with Gasteiger partial charge in [-0.25, -0.2) is 0 Å². The van der Waals surface area contributed by atoms with Crippen LogP contribution in [0.15, 0.2) is 0 Å². The van der Waals surface area contributed by atoms with Crippen molar-refractivity contribution in [1.29, 1.82) is 0 Å². The summed E-state index contributed by atoms with van der Waals surface area (Å²) >= 11 is 0. The number of hydrogen-bond donors (Lipinski definition) is 1. The predicted octanol–water partition coefficient (Wildman–Crippen LogP) is 1.80. The minimum Gasteiger partial charge on any atom is -0.310 e. The van der Waals surface area contributed by atoms with Gasteiger partial charge >= 0.3 is 6.18 Å². The molecule has 2 rings (SSSR count). The molecule has 15 heavy (non-hydrogen) atoms. The minimum absolute atomic E-state index is 0. The molecule has 2 unspecified atom stereocenters. The number of rotatable bonds is 1. The molecule has 0 radical (unpaired) electrons. The maximum absolute atomic E-state index is 12.2. The van der Waals surface area contributed by atoms with Gasteiger partial charge in [-0.2, -0.15) is 13.2 Å². The lowest BCUT2D eigenvalue weighted by atomic mass is 10.1. The monoisotopic (exact) mass is 244 g/mol. The average Bonchev–Trinajstić information content (AvgIpc) is 2.35. The van der Waals surface area contributed by atoms with E-state index in [4.69, 9.17) is 0 Å². The third-order valence-electron chi connectivity index (χ3n) is 3.01. The van der Waals surface area contributed by atoms with Crippen molar-refractivity contribution in [1.82, 2.24) is 10.2 Å². The highest BCUT2D eigenvalue weighted by Gasteiger charge is 2.35. The summed E-state index contributed by atoms with van der Waals surface area (Å²) in [5.41, 5.74) is 0. The summed E-state index contributed by atoms with van der Waals surface area (Å²) in [4.78, 5) is 1.52. The fraction of sp³-hybridized carbons (Fsp3) is 1.00. The van der Waals surface area contributed by atoms with Crippen molar-refractivity contribution in [3.05, 3.63) is 0 Å². The standard InChI is InChI=1S/C9H15F3N2.ClH/c10-9(11,12)6-14-4-3-7-1-2-8(5-14)13-7;/h7-8,13H,1-6H2;1H. The molecule has 0 spiro atoms. The highest BCUT2D eigenvalue weighted by Crippen LogP contribution is 2.23.